The van der Waals surface area contributed by atoms with Crippen molar-refractivity contribution >= 4 is 36.2 Å². The molecule has 10 nitrogen and oxygen atoms in total. The standard InChI is InChI=1S/C24H26N4O6/c1-33-23(31)19-11-7-17(8-12-19)15-25-27-21(29)5-3-4-6-22(30)28-26-16-18-9-13-20(14-10-18)24(32)34-2/h7-16H,3-6H2,1-2H3,(H,27,29)(H,28,30)/b25-15+,26-16+. The van der Waals surface area contributed by atoms with E-state index < -0.39 is 11.9 Å². The van der Waals surface area contributed by atoms with Crippen LogP contribution >= 0.6 is 0 Å². The second-order valence-corrected chi connectivity index (χ2v) is 7.02. The molecule has 0 aliphatic heterocycles. The van der Waals surface area contributed by atoms with E-state index in [1.807, 2.05) is 0 Å². The number of hydrogen-bond acceptors (Lipinski definition) is 8. The predicted molar refractivity (Wildman–Crippen MR) is 126 cm³/mol. The Bertz CT molecular complexity index is 961. The molecule has 0 aromatic heterocycles. The van der Waals surface area contributed by atoms with Gasteiger partial charge >= 0.3 is 11.9 Å². The molecule has 0 heterocycles. The lowest BCUT2D eigenvalue weighted by atomic mass is 10.1. The lowest BCUT2D eigenvalue weighted by Gasteiger charge is -2.02. The molecule has 0 spiro atoms. The molecule has 0 aliphatic carbocycles. The number of methoxy groups -OCH3 is 2. The zero-order chi connectivity index (χ0) is 24.8. The Morgan fingerprint density at radius 2 is 1.03 bits per heavy atom. The van der Waals surface area contributed by atoms with Crippen LogP contribution in [0.5, 0.6) is 0 Å². The molecule has 0 bridgehead atoms. The van der Waals surface area contributed by atoms with Crippen LogP contribution < -0.4 is 10.9 Å². The molecule has 2 N–H and O–H groups in total. The molecule has 2 amide bonds. The summed E-state index contributed by atoms with van der Waals surface area (Å²) in [6.45, 7) is 0. The van der Waals surface area contributed by atoms with Gasteiger partial charge in [0.2, 0.25) is 11.8 Å². The highest BCUT2D eigenvalue weighted by molar-refractivity contribution is 5.91. The van der Waals surface area contributed by atoms with Gasteiger partial charge in [-0.15, -0.1) is 0 Å². The van der Waals surface area contributed by atoms with Gasteiger partial charge in [-0.05, 0) is 48.2 Å². The first-order valence-corrected chi connectivity index (χ1v) is 10.4. The van der Waals surface area contributed by atoms with E-state index in [0.29, 0.717) is 35.1 Å². The zero-order valence-electron chi connectivity index (χ0n) is 18.9. The van der Waals surface area contributed by atoms with Crippen molar-refractivity contribution < 1.29 is 28.7 Å². The van der Waals surface area contributed by atoms with Crippen molar-refractivity contribution in [3.05, 3.63) is 70.8 Å². The first kappa shape index (κ1) is 25.9. The highest BCUT2D eigenvalue weighted by Crippen LogP contribution is 2.05. The molecule has 0 fully saturated rings. The van der Waals surface area contributed by atoms with E-state index in [-0.39, 0.29) is 24.7 Å². The Morgan fingerprint density at radius 3 is 1.35 bits per heavy atom. The van der Waals surface area contributed by atoms with Crippen LogP contribution in [0.25, 0.3) is 0 Å². The Labute approximate surface area is 197 Å². The molecule has 2 rings (SSSR count). The number of amides is 2. The number of rotatable bonds is 11. The van der Waals surface area contributed by atoms with Gasteiger partial charge in [0.05, 0.1) is 37.8 Å². The number of esters is 2. The third-order valence-corrected chi connectivity index (χ3v) is 4.53. The molecule has 0 saturated heterocycles. The van der Waals surface area contributed by atoms with Gasteiger partial charge in [0, 0.05) is 12.8 Å². The molecule has 2 aromatic rings. The van der Waals surface area contributed by atoms with Crippen molar-refractivity contribution in [2.45, 2.75) is 25.7 Å². The molecule has 10 heteroatoms. The van der Waals surface area contributed by atoms with Crippen molar-refractivity contribution in [3.63, 3.8) is 0 Å². The smallest absolute Gasteiger partial charge is 0.337 e. The summed E-state index contributed by atoms with van der Waals surface area (Å²) in [6.07, 6.45) is 4.41. The molecule has 0 atom stereocenters. The normalized spacial score (nSPS) is 10.8. The SMILES string of the molecule is COC(=O)c1ccc(/C=N/NC(=O)CCCCC(=O)N/N=C/c2ccc(C(=O)OC)cc2)cc1. The highest BCUT2D eigenvalue weighted by Gasteiger charge is 2.05. The maximum Gasteiger partial charge on any atom is 0.337 e. The molecular weight excluding hydrogens is 440 g/mol. The monoisotopic (exact) mass is 466 g/mol. The van der Waals surface area contributed by atoms with E-state index in [4.69, 9.17) is 0 Å². The number of carbonyl (C=O) groups is 4. The Balaban J connectivity index is 1.61. The van der Waals surface area contributed by atoms with Gasteiger partial charge in [0.1, 0.15) is 0 Å². The van der Waals surface area contributed by atoms with Gasteiger partial charge < -0.3 is 9.47 Å². The third kappa shape index (κ3) is 9.03. The van der Waals surface area contributed by atoms with Crippen LogP contribution in [0.3, 0.4) is 0 Å². The fourth-order valence-corrected chi connectivity index (χ4v) is 2.69. The van der Waals surface area contributed by atoms with Crippen molar-refractivity contribution in [2.24, 2.45) is 10.2 Å². The first-order valence-electron chi connectivity index (χ1n) is 10.4. The summed E-state index contributed by atoms with van der Waals surface area (Å²) in [5.74, 6) is -1.39. The molecule has 178 valence electrons. The summed E-state index contributed by atoms with van der Waals surface area (Å²) < 4.78 is 9.25. The van der Waals surface area contributed by atoms with E-state index >= 15 is 0 Å². The number of nitrogens with zero attached hydrogens (tertiary/aromatic N) is 2. The maximum absolute atomic E-state index is 11.8. The number of benzene rings is 2. The zero-order valence-corrected chi connectivity index (χ0v) is 18.9. The van der Waals surface area contributed by atoms with Crippen molar-refractivity contribution in [3.8, 4) is 0 Å². The lowest BCUT2D eigenvalue weighted by Crippen LogP contribution is -2.19. The molecule has 0 saturated carbocycles. The van der Waals surface area contributed by atoms with Gasteiger partial charge in [0.15, 0.2) is 0 Å². The minimum atomic E-state index is -0.427. The highest BCUT2D eigenvalue weighted by atomic mass is 16.5. The summed E-state index contributed by atoms with van der Waals surface area (Å²) in [6, 6.07) is 13.1. The number of hydrogen-bond donors (Lipinski definition) is 2. The fraction of sp³-hybridized carbons (Fsp3) is 0.250. The van der Waals surface area contributed by atoms with Gasteiger partial charge in [-0.2, -0.15) is 10.2 Å². The van der Waals surface area contributed by atoms with Gasteiger partial charge in [0.25, 0.3) is 0 Å². The summed E-state index contributed by atoms with van der Waals surface area (Å²) in [5.41, 5.74) is 7.11. The summed E-state index contributed by atoms with van der Waals surface area (Å²) in [4.78, 5) is 46.4. The van der Waals surface area contributed by atoms with E-state index in [9.17, 15) is 19.2 Å². The van der Waals surface area contributed by atoms with Crippen LogP contribution in [0.2, 0.25) is 0 Å². The number of ether oxygens (including phenoxy) is 2. The number of nitrogens with one attached hydrogen (secondary N) is 2. The molecule has 0 radical (unpaired) electrons. The number of unbranched alkanes of at least 4 members (excludes halogenated alkanes) is 1. The van der Waals surface area contributed by atoms with Crippen LogP contribution in [0.1, 0.15) is 57.5 Å². The van der Waals surface area contributed by atoms with Crippen LogP contribution in [0, 0.1) is 0 Å². The van der Waals surface area contributed by atoms with E-state index in [1.54, 1.807) is 48.5 Å². The van der Waals surface area contributed by atoms with Gasteiger partial charge in [-0.1, -0.05) is 24.3 Å². The van der Waals surface area contributed by atoms with Crippen molar-refractivity contribution in [1.29, 1.82) is 0 Å². The van der Waals surface area contributed by atoms with E-state index in [2.05, 4.69) is 30.5 Å². The minimum Gasteiger partial charge on any atom is -0.465 e. The second kappa shape index (κ2) is 13.9. The first-order chi connectivity index (χ1) is 16.4. The van der Waals surface area contributed by atoms with Gasteiger partial charge in [-0.25, -0.2) is 20.4 Å². The molecule has 2 aromatic carbocycles. The Morgan fingerprint density at radius 1 is 0.676 bits per heavy atom. The van der Waals surface area contributed by atoms with E-state index in [1.165, 1.54) is 26.6 Å². The number of hydrazone groups is 2. The van der Waals surface area contributed by atoms with Crippen LogP contribution in [-0.2, 0) is 19.1 Å². The molecule has 0 aliphatic rings. The third-order valence-electron chi connectivity index (χ3n) is 4.53. The second-order valence-electron chi connectivity index (χ2n) is 7.02. The summed E-state index contributed by atoms with van der Waals surface area (Å²) >= 11 is 0. The Kier molecular flexibility index (Phi) is 10.6. The average molecular weight is 466 g/mol. The number of carbonyl (C=O) groups excluding carboxylic acids is 4. The topological polar surface area (TPSA) is 136 Å². The summed E-state index contributed by atoms with van der Waals surface area (Å²) in [5, 5.41) is 7.75. The maximum atomic E-state index is 11.8. The van der Waals surface area contributed by atoms with Crippen molar-refractivity contribution in [1.82, 2.24) is 10.9 Å². The van der Waals surface area contributed by atoms with Gasteiger partial charge in [-0.3, -0.25) is 9.59 Å². The molecule has 34 heavy (non-hydrogen) atoms. The summed E-state index contributed by atoms with van der Waals surface area (Å²) in [7, 11) is 2.62. The Hall–Kier alpha value is -4.34. The van der Waals surface area contributed by atoms with Crippen LogP contribution in [-0.4, -0.2) is 50.4 Å². The van der Waals surface area contributed by atoms with Crippen LogP contribution in [0.15, 0.2) is 58.7 Å². The molecular formula is C24H26N4O6. The average Bonchev–Trinajstić information content (AvgIpc) is 2.86. The van der Waals surface area contributed by atoms with Crippen molar-refractivity contribution in [2.75, 3.05) is 14.2 Å². The predicted octanol–water partition coefficient (Wildman–Crippen LogP) is 2.42. The van der Waals surface area contributed by atoms with Crippen LogP contribution in [0.4, 0.5) is 0 Å². The molecule has 0 unspecified atom stereocenters. The largest absolute Gasteiger partial charge is 0.465 e. The van der Waals surface area contributed by atoms with E-state index in [0.717, 1.165) is 0 Å². The quantitative estimate of drug-likeness (QED) is 0.226. The minimum absolute atomic E-state index is 0.224. The fourth-order valence-electron chi connectivity index (χ4n) is 2.69. The lowest BCUT2D eigenvalue weighted by molar-refractivity contribution is -0.123.